The van der Waals surface area contributed by atoms with Gasteiger partial charge in [-0.2, -0.15) is 0 Å². The molecule has 1 fully saturated rings. The maximum absolute atomic E-state index is 11.4. The van der Waals surface area contributed by atoms with Gasteiger partial charge in [-0.1, -0.05) is 11.6 Å². The molecule has 1 aromatic heterocycles. The Labute approximate surface area is 112 Å². The van der Waals surface area contributed by atoms with Crippen LogP contribution < -0.4 is 5.32 Å². The van der Waals surface area contributed by atoms with E-state index in [0.29, 0.717) is 18.1 Å². The Morgan fingerprint density at radius 1 is 1.33 bits per heavy atom. The van der Waals surface area contributed by atoms with Gasteiger partial charge in [0.1, 0.15) is 0 Å². The summed E-state index contributed by atoms with van der Waals surface area (Å²) in [6.07, 6.45) is 1.40. The summed E-state index contributed by atoms with van der Waals surface area (Å²) in [7, 11) is 1.82. The molecule has 98 valence electrons. The molecule has 1 amide bonds. The smallest absolute Gasteiger partial charge is 0.222 e. The second-order valence-electron chi connectivity index (χ2n) is 4.74. The first-order valence-corrected chi connectivity index (χ1v) is 6.36. The lowest BCUT2D eigenvalue weighted by Gasteiger charge is -2.30. The highest BCUT2D eigenvalue weighted by Gasteiger charge is 2.23. The fourth-order valence-corrected chi connectivity index (χ4v) is 2.22. The van der Waals surface area contributed by atoms with Crippen LogP contribution in [0.4, 0.5) is 5.82 Å². The number of hydrogen-bond donors (Lipinski definition) is 1. The third-order valence-corrected chi connectivity index (χ3v) is 3.79. The first-order valence-electron chi connectivity index (χ1n) is 5.99. The van der Waals surface area contributed by atoms with Crippen LogP contribution in [0.25, 0.3) is 0 Å². The minimum absolute atomic E-state index is 0.197. The molecule has 0 spiro atoms. The highest BCUT2D eigenvalue weighted by molar-refractivity contribution is 6.30. The Bertz CT molecular complexity index is 477. The number of carbonyl (C=O) groups is 1. The van der Waals surface area contributed by atoms with Crippen LogP contribution in [0.3, 0.4) is 0 Å². The zero-order valence-electron chi connectivity index (χ0n) is 10.8. The van der Waals surface area contributed by atoms with Gasteiger partial charge in [0.15, 0.2) is 11.0 Å². The van der Waals surface area contributed by atoms with Gasteiger partial charge >= 0.3 is 0 Å². The number of carbonyl (C=O) groups excluding carboxylic acids is 1. The number of amides is 1. The minimum Gasteiger partial charge on any atom is -0.364 e. The highest BCUT2D eigenvalue weighted by atomic mass is 35.5. The van der Waals surface area contributed by atoms with Gasteiger partial charge in [0.25, 0.3) is 0 Å². The zero-order chi connectivity index (χ0) is 13.3. The van der Waals surface area contributed by atoms with Crippen LogP contribution in [0.15, 0.2) is 0 Å². The van der Waals surface area contributed by atoms with Gasteiger partial charge in [-0.3, -0.25) is 4.79 Å². The van der Waals surface area contributed by atoms with Crippen molar-refractivity contribution in [3.8, 4) is 0 Å². The van der Waals surface area contributed by atoms with Gasteiger partial charge in [0, 0.05) is 26.1 Å². The van der Waals surface area contributed by atoms with Crippen molar-refractivity contribution >= 4 is 23.3 Å². The summed E-state index contributed by atoms with van der Waals surface area (Å²) in [5, 5.41) is 11.8. The molecule has 1 unspecified atom stereocenters. The summed E-state index contributed by atoms with van der Waals surface area (Å²) in [4.78, 5) is 13.2. The van der Waals surface area contributed by atoms with E-state index in [-0.39, 0.29) is 11.9 Å². The van der Waals surface area contributed by atoms with Crippen LogP contribution in [0, 0.1) is 13.8 Å². The molecule has 0 radical (unpaired) electrons. The topological polar surface area (TPSA) is 58.1 Å². The van der Waals surface area contributed by atoms with Crippen molar-refractivity contribution in [2.75, 3.05) is 18.9 Å². The summed E-state index contributed by atoms with van der Waals surface area (Å²) in [6, 6.07) is 0.223. The Hall–Kier alpha value is -1.36. The molecule has 6 heteroatoms. The summed E-state index contributed by atoms with van der Waals surface area (Å²) in [6.45, 7) is 4.59. The average Bonchev–Trinajstić information content (AvgIpc) is 2.34. The maximum atomic E-state index is 11.4. The molecule has 1 atom stereocenters. The number of nitrogens with one attached hydrogen (secondary N) is 1. The lowest BCUT2D eigenvalue weighted by Crippen LogP contribution is -2.43. The molecular weight excluding hydrogens is 252 g/mol. The van der Waals surface area contributed by atoms with E-state index < -0.39 is 0 Å². The van der Waals surface area contributed by atoms with Crippen LogP contribution in [-0.4, -0.2) is 40.6 Å². The largest absolute Gasteiger partial charge is 0.364 e. The molecule has 0 bridgehead atoms. The third-order valence-electron chi connectivity index (χ3n) is 3.43. The number of nitrogens with zero attached hydrogens (tertiary/aromatic N) is 3. The normalized spacial score (nSPS) is 20.1. The molecule has 2 heterocycles. The van der Waals surface area contributed by atoms with Crippen molar-refractivity contribution in [3.63, 3.8) is 0 Å². The first-order chi connectivity index (χ1) is 8.49. The van der Waals surface area contributed by atoms with Crippen LogP contribution in [0.5, 0.6) is 0 Å². The number of anilines is 1. The van der Waals surface area contributed by atoms with Crippen molar-refractivity contribution in [2.24, 2.45) is 0 Å². The average molecular weight is 269 g/mol. The predicted octanol–water partition coefficient (Wildman–Crippen LogP) is 1.78. The fraction of sp³-hybridized carbons (Fsp3) is 0.583. The Morgan fingerprint density at radius 3 is 2.72 bits per heavy atom. The second-order valence-corrected chi connectivity index (χ2v) is 5.10. The van der Waals surface area contributed by atoms with E-state index in [1.165, 1.54) is 0 Å². The molecule has 2 rings (SSSR count). The van der Waals surface area contributed by atoms with Gasteiger partial charge in [0.2, 0.25) is 5.91 Å². The van der Waals surface area contributed by atoms with Crippen molar-refractivity contribution in [2.45, 2.75) is 32.7 Å². The molecule has 0 aliphatic carbocycles. The maximum Gasteiger partial charge on any atom is 0.222 e. The number of likely N-dealkylation sites (tertiary alicyclic amines) is 1. The van der Waals surface area contributed by atoms with E-state index >= 15 is 0 Å². The van der Waals surface area contributed by atoms with Crippen molar-refractivity contribution in [1.82, 2.24) is 15.1 Å². The summed E-state index contributed by atoms with van der Waals surface area (Å²) < 4.78 is 0. The molecule has 1 saturated heterocycles. The molecule has 18 heavy (non-hydrogen) atoms. The number of halogens is 1. The van der Waals surface area contributed by atoms with E-state index in [1.54, 1.807) is 4.90 Å². The van der Waals surface area contributed by atoms with Crippen LogP contribution in [0.2, 0.25) is 5.15 Å². The van der Waals surface area contributed by atoms with Gasteiger partial charge in [0.05, 0.1) is 0 Å². The number of piperidine rings is 1. The second kappa shape index (κ2) is 5.10. The Balaban J connectivity index is 2.11. The van der Waals surface area contributed by atoms with Gasteiger partial charge in [-0.15, -0.1) is 10.2 Å². The third kappa shape index (κ3) is 2.56. The summed E-state index contributed by atoms with van der Waals surface area (Å²) >= 11 is 5.92. The standard InChI is InChI=1S/C12H17ClN4O/c1-7-8(2)12(16-15-11(7)13)14-9-4-5-10(18)17(3)6-9/h9H,4-6H2,1-3H3,(H,14,16). The van der Waals surface area contributed by atoms with Crippen molar-refractivity contribution in [1.29, 1.82) is 0 Å². The van der Waals surface area contributed by atoms with Crippen molar-refractivity contribution < 1.29 is 4.79 Å². The number of aromatic nitrogens is 2. The van der Waals surface area contributed by atoms with Crippen LogP contribution in [-0.2, 0) is 4.79 Å². The van der Waals surface area contributed by atoms with Gasteiger partial charge < -0.3 is 10.2 Å². The van der Waals surface area contributed by atoms with Crippen LogP contribution in [0.1, 0.15) is 24.0 Å². The SMILES string of the molecule is Cc1c(Cl)nnc(NC2CCC(=O)N(C)C2)c1C. The van der Waals surface area contributed by atoms with E-state index in [0.717, 1.165) is 23.4 Å². The lowest BCUT2D eigenvalue weighted by molar-refractivity contribution is -0.132. The molecular formula is C12H17ClN4O. The molecule has 1 N–H and O–H groups in total. The van der Waals surface area contributed by atoms with E-state index in [1.807, 2.05) is 20.9 Å². The van der Waals surface area contributed by atoms with E-state index in [9.17, 15) is 4.79 Å². The van der Waals surface area contributed by atoms with Gasteiger partial charge in [-0.25, -0.2) is 0 Å². The monoisotopic (exact) mass is 268 g/mol. The molecule has 1 aromatic rings. The quantitative estimate of drug-likeness (QED) is 0.888. The minimum atomic E-state index is 0.197. The Kier molecular flexibility index (Phi) is 3.71. The summed E-state index contributed by atoms with van der Waals surface area (Å²) in [5.74, 6) is 0.952. The molecule has 1 aliphatic heterocycles. The predicted molar refractivity (Wildman–Crippen MR) is 70.8 cm³/mol. The zero-order valence-corrected chi connectivity index (χ0v) is 11.6. The first kappa shape index (κ1) is 13.1. The molecule has 0 aromatic carbocycles. The number of hydrogen-bond acceptors (Lipinski definition) is 4. The summed E-state index contributed by atoms with van der Waals surface area (Å²) in [5.41, 5.74) is 1.95. The fourth-order valence-electron chi connectivity index (χ4n) is 2.04. The van der Waals surface area contributed by atoms with Crippen molar-refractivity contribution in [3.05, 3.63) is 16.3 Å². The highest BCUT2D eigenvalue weighted by Crippen LogP contribution is 2.22. The molecule has 0 saturated carbocycles. The van der Waals surface area contributed by atoms with E-state index in [4.69, 9.17) is 11.6 Å². The van der Waals surface area contributed by atoms with Crippen LogP contribution >= 0.6 is 11.6 Å². The number of rotatable bonds is 2. The molecule has 5 nitrogen and oxygen atoms in total. The Morgan fingerprint density at radius 2 is 2.06 bits per heavy atom. The molecule has 1 aliphatic rings. The van der Waals surface area contributed by atoms with Gasteiger partial charge in [-0.05, 0) is 31.4 Å². The number of likely N-dealkylation sites (N-methyl/N-ethyl adjacent to an activating group) is 1. The van der Waals surface area contributed by atoms with E-state index in [2.05, 4.69) is 15.5 Å². The lowest BCUT2D eigenvalue weighted by atomic mass is 10.1.